The smallest absolute Gasteiger partial charge is 0.262 e. The van der Waals surface area contributed by atoms with Crippen LogP contribution in [0, 0.1) is 0 Å². The fourth-order valence-corrected chi connectivity index (χ4v) is 3.36. The van der Waals surface area contributed by atoms with Crippen molar-refractivity contribution in [2.24, 2.45) is 0 Å². The topological polar surface area (TPSA) is 79.9 Å². The fourth-order valence-electron chi connectivity index (χ4n) is 3.36. The normalized spacial score (nSPS) is 14.7. The Hall–Kier alpha value is -4.00. The number of anilines is 2. The second-order valence-electron chi connectivity index (χ2n) is 7.06. The highest BCUT2D eigenvalue weighted by atomic mass is 16.5. The van der Waals surface area contributed by atoms with E-state index in [-0.39, 0.29) is 24.9 Å². The maximum atomic E-state index is 12.7. The molecule has 0 saturated heterocycles. The molecule has 31 heavy (non-hydrogen) atoms. The molecule has 0 saturated carbocycles. The molecule has 0 bridgehead atoms. The van der Waals surface area contributed by atoms with E-state index in [0.717, 1.165) is 11.4 Å². The monoisotopic (exact) mass is 417 g/mol. The molecule has 3 aromatic carbocycles. The molecule has 1 aliphatic rings. The molecular formula is C24H23N3O4. The molecular weight excluding hydrogens is 394 g/mol. The molecule has 0 aromatic heterocycles. The van der Waals surface area contributed by atoms with Crippen molar-refractivity contribution < 1.29 is 19.1 Å². The van der Waals surface area contributed by atoms with Crippen molar-refractivity contribution in [3.8, 4) is 17.2 Å². The van der Waals surface area contributed by atoms with E-state index >= 15 is 0 Å². The van der Waals surface area contributed by atoms with E-state index in [1.165, 1.54) is 0 Å². The summed E-state index contributed by atoms with van der Waals surface area (Å²) in [5.74, 6) is 1.59. The first kappa shape index (κ1) is 20.3. The van der Waals surface area contributed by atoms with Gasteiger partial charge in [-0.25, -0.2) is 0 Å². The molecule has 0 radical (unpaired) electrons. The number of hydrogen-bond acceptors (Lipinski definition) is 5. The summed E-state index contributed by atoms with van der Waals surface area (Å²) in [4.78, 5) is 26.6. The van der Waals surface area contributed by atoms with Gasteiger partial charge in [-0.05, 0) is 48.5 Å². The van der Waals surface area contributed by atoms with Gasteiger partial charge in [-0.1, -0.05) is 30.3 Å². The first-order valence-corrected chi connectivity index (χ1v) is 9.97. The molecule has 2 amide bonds. The molecule has 1 aliphatic heterocycles. The molecule has 7 nitrogen and oxygen atoms in total. The Morgan fingerprint density at radius 3 is 2.39 bits per heavy atom. The Balaban J connectivity index is 1.40. The van der Waals surface area contributed by atoms with Crippen molar-refractivity contribution in [1.29, 1.82) is 0 Å². The molecule has 2 N–H and O–H groups in total. The van der Waals surface area contributed by atoms with Crippen molar-refractivity contribution in [3.63, 3.8) is 0 Å². The number of carbonyl (C=O) groups is 2. The zero-order valence-corrected chi connectivity index (χ0v) is 17.1. The quantitative estimate of drug-likeness (QED) is 0.642. The van der Waals surface area contributed by atoms with Crippen molar-refractivity contribution in [2.45, 2.75) is 6.10 Å². The highest BCUT2D eigenvalue weighted by Crippen LogP contribution is 2.33. The van der Waals surface area contributed by atoms with Crippen LogP contribution in [0.2, 0.25) is 0 Å². The van der Waals surface area contributed by atoms with Crippen LogP contribution in [0.25, 0.3) is 0 Å². The van der Waals surface area contributed by atoms with Crippen LogP contribution in [0.15, 0.2) is 78.9 Å². The Morgan fingerprint density at radius 2 is 1.65 bits per heavy atom. The van der Waals surface area contributed by atoms with Crippen molar-refractivity contribution in [1.82, 2.24) is 5.32 Å². The molecule has 0 unspecified atom stereocenters. The van der Waals surface area contributed by atoms with Crippen LogP contribution in [0.1, 0.15) is 0 Å². The van der Waals surface area contributed by atoms with Crippen molar-refractivity contribution >= 4 is 23.2 Å². The second kappa shape index (κ2) is 9.21. The fraction of sp³-hybridized carbons (Fsp3) is 0.167. The lowest BCUT2D eigenvalue weighted by atomic mass is 10.1. The molecule has 7 heteroatoms. The summed E-state index contributed by atoms with van der Waals surface area (Å²) in [5, 5.41) is 5.49. The maximum Gasteiger partial charge on any atom is 0.262 e. The highest BCUT2D eigenvalue weighted by molar-refractivity contribution is 5.95. The van der Waals surface area contributed by atoms with Gasteiger partial charge in [0.05, 0.1) is 18.8 Å². The summed E-state index contributed by atoms with van der Waals surface area (Å²) >= 11 is 0. The van der Waals surface area contributed by atoms with Gasteiger partial charge in [-0.2, -0.15) is 0 Å². The second-order valence-corrected chi connectivity index (χ2v) is 7.06. The summed E-state index contributed by atoms with van der Waals surface area (Å²) in [6.45, 7) is 0.379. The molecule has 3 aromatic rings. The molecule has 0 fully saturated rings. The van der Waals surface area contributed by atoms with E-state index in [1.807, 2.05) is 53.4 Å². The van der Waals surface area contributed by atoms with Crippen LogP contribution < -0.4 is 25.0 Å². The minimum Gasteiger partial charge on any atom is -0.477 e. The average molecular weight is 417 g/mol. The minimum atomic E-state index is -0.679. The van der Waals surface area contributed by atoms with Crippen LogP contribution in [0.4, 0.5) is 11.4 Å². The third-order valence-electron chi connectivity index (χ3n) is 4.85. The number of likely N-dealkylation sites (N-methyl/N-ethyl adjacent to an activating group) is 1. The first-order valence-electron chi connectivity index (χ1n) is 9.97. The summed E-state index contributed by atoms with van der Waals surface area (Å²) in [7, 11) is 1.56. The van der Waals surface area contributed by atoms with E-state index in [4.69, 9.17) is 9.47 Å². The van der Waals surface area contributed by atoms with E-state index in [9.17, 15) is 9.59 Å². The van der Waals surface area contributed by atoms with Crippen LogP contribution in [-0.4, -0.2) is 38.1 Å². The number of nitrogens with one attached hydrogen (secondary N) is 2. The minimum absolute atomic E-state index is 0.0934. The number of carbonyl (C=O) groups excluding carboxylic acids is 2. The van der Waals surface area contributed by atoms with Gasteiger partial charge in [0.2, 0.25) is 5.91 Å². The van der Waals surface area contributed by atoms with E-state index in [0.29, 0.717) is 17.2 Å². The third-order valence-corrected chi connectivity index (χ3v) is 4.85. The molecule has 0 aliphatic carbocycles. The number of rotatable bonds is 6. The van der Waals surface area contributed by atoms with Crippen LogP contribution in [0.5, 0.6) is 17.2 Å². The number of ether oxygens (including phenoxy) is 2. The van der Waals surface area contributed by atoms with Gasteiger partial charge < -0.3 is 25.0 Å². The lowest BCUT2D eigenvalue weighted by Crippen LogP contribution is -2.50. The Labute approximate surface area is 180 Å². The standard InChI is InChI=1S/C24H23N3O4/c1-25-24(29)22-15-27(20-9-5-6-10-21(20)31-22)16-23(28)26-17-11-13-19(14-12-17)30-18-7-3-2-4-8-18/h2-14,22H,15-16H2,1H3,(H,25,29)(H,26,28)/t22-/m1/s1. The Kier molecular flexibility index (Phi) is 6.03. The number of fused-ring (bicyclic) bond motifs is 1. The zero-order valence-electron chi connectivity index (χ0n) is 17.1. The van der Waals surface area contributed by atoms with Gasteiger partial charge in [0.25, 0.3) is 5.91 Å². The van der Waals surface area contributed by atoms with Crippen LogP contribution in [-0.2, 0) is 9.59 Å². The Bertz CT molecular complexity index is 1050. The molecule has 158 valence electrons. The summed E-state index contributed by atoms with van der Waals surface area (Å²) in [5.41, 5.74) is 1.44. The molecule has 0 spiro atoms. The largest absolute Gasteiger partial charge is 0.477 e. The number of nitrogens with zero attached hydrogens (tertiary/aromatic N) is 1. The third kappa shape index (κ3) is 4.95. The lowest BCUT2D eigenvalue weighted by molar-refractivity contribution is -0.127. The predicted octanol–water partition coefficient (Wildman–Crippen LogP) is 3.43. The molecule has 4 rings (SSSR count). The zero-order chi connectivity index (χ0) is 21.6. The van der Waals surface area contributed by atoms with Crippen LogP contribution >= 0.6 is 0 Å². The Morgan fingerprint density at radius 1 is 0.968 bits per heavy atom. The summed E-state index contributed by atoms with van der Waals surface area (Å²) < 4.78 is 11.5. The SMILES string of the molecule is CNC(=O)[C@H]1CN(CC(=O)Nc2ccc(Oc3ccccc3)cc2)c2ccccc2O1. The predicted molar refractivity (Wildman–Crippen MR) is 119 cm³/mol. The van der Waals surface area contributed by atoms with E-state index in [2.05, 4.69) is 10.6 Å². The first-order chi connectivity index (χ1) is 15.1. The lowest BCUT2D eigenvalue weighted by Gasteiger charge is -2.34. The maximum absolute atomic E-state index is 12.7. The van der Waals surface area contributed by atoms with E-state index in [1.54, 1.807) is 37.4 Å². The highest BCUT2D eigenvalue weighted by Gasteiger charge is 2.30. The van der Waals surface area contributed by atoms with Gasteiger partial charge in [0.15, 0.2) is 6.10 Å². The number of hydrogen-bond donors (Lipinski definition) is 2. The molecule has 1 heterocycles. The van der Waals surface area contributed by atoms with Crippen molar-refractivity contribution in [3.05, 3.63) is 78.9 Å². The van der Waals surface area contributed by atoms with Crippen LogP contribution in [0.3, 0.4) is 0 Å². The summed E-state index contributed by atoms with van der Waals surface area (Å²) in [6, 6.07) is 24.0. The average Bonchev–Trinajstić information content (AvgIpc) is 2.80. The molecule has 1 atom stereocenters. The van der Waals surface area contributed by atoms with Gasteiger partial charge >= 0.3 is 0 Å². The van der Waals surface area contributed by atoms with Gasteiger partial charge in [0.1, 0.15) is 17.2 Å². The van der Waals surface area contributed by atoms with Gasteiger partial charge in [-0.3, -0.25) is 9.59 Å². The number of amides is 2. The van der Waals surface area contributed by atoms with Crippen molar-refractivity contribution in [2.75, 3.05) is 30.4 Å². The number of para-hydroxylation sites is 3. The van der Waals surface area contributed by atoms with Gasteiger partial charge in [-0.15, -0.1) is 0 Å². The van der Waals surface area contributed by atoms with E-state index < -0.39 is 6.10 Å². The van der Waals surface area contributed by atoms with Gasteiger partial charge in [0, 0.05) is 12.7 Å². The summed E-state index contributed by atoms with van der Waals surface area (Å²) in [6.07, 6.45) is -0.679. The number of benzene rings is 3.